The Morgan fingerprint density at radius 1 is 1.19 bits per heavy atom. The van der Waals surface area contributed by atoms with Gasteiger partial charge in [0.2, 0.25) is 0 Å². The number of nitrogens with two attached hydrogens (primary N) is 1. The number of rotatable bonds is 3. The molecule has 2 N–H and O–H groups in total. The molecule has 0 fully saturated rings. The van der Waals surface area contributed by atoms with E-state index in [2.05, 4.69) is 32.0 Å². The molecule has 2 aromatic rings. The zero-order valence-electron chi connectivity index (χ0n) is 9.73. The Kier molecular flexibility index (Phi) is 3.11. The van der Waals surface area contributed by atoms with Crippen molar-refractivity contribution in [2.75, 3.05) is 0 Å². The standard InChI is InChI=1S/C14H17NO/c1-10-3-4-13(7-11(10)2)14(15)8-12-5-6-16-9-12/h3-7,9,14H,8,15H2,1-2H3. The van der Waals surface area contributed by atoms with Crippen LogP contribution in [0.3, 0.4) is 0 Å². The average molecular weight is 215 g/mol. The van der Waals surface area contributed by atoms with Gasteiger partial charge in [-0.2, -0.15) is 0 Å². The number of furan rings is 1. The second-order valence-electron chi connectivity index (χ2n) is 4.29. The van der Waals surface area contributed by atoms with Crippen LogP contribution in [0.4, 0.5) is 0 Å². The van der Waals surface area contributed by atoms with Gasteiger partial charge in [-0.05, 0) is 48.6 Å². The van der Waals surface area contributed by atoms with E-state index in [0.29, 0.717) is 0 Å². The summed E-state index contributed by atoms with van der Waals surface area (Å²) in [6, 6.07) is 8.39. The summed E-state index contributed by atoms with van der Waals surface area (Å²) in [5.74, 6) is 0. The minimum Gasteiger partial charge on any atom is -0.472 e. The Morgan fingerprint density at radius 2 is 2.00 bits per heavy atom. The molecule has 0 aliphatic carbocycles. The molecule has 1 heterocycles. The van der Waals surface area contributed by atoms with Crippen molar-refractivity contribution < 1.29 is 4.42 Å². The Hall–Kier alpha value is -1.54. The first kappa shape index (κ1) is 11.0. The molecule has 84 valence electrons. The number of benzene rings is 1. The molecule has 16 heavy (non-hydrogen) atoms. The second-order valence-corrected chi connectivity index (χ2v) is 4.29. The van der Waals surface area contributed by atoms with Crippen LogP contribution in [0.5, 0.6) is 0 Å². The highest BCUT2D eigenvalue weighted by Gasteiger charge is 2.08. The van der Waals surface area contributed by atoms with Crippen molar-refractivity contribution in [3.63, 3.8) is 0 Å². The van der Waals surface area contributed by atoms with Gasteiger partial charge in [-0.1, -0.05) is 18.2 Å². The summed E-state index contributed by atoms with van der Waals surface area (Å²) in [5, 5.41) is 0. The second kappa shape index (κ2) is 4.54. The van der Waals surface area contributed by atoms with Crippen LogP contribution < -0.4 is 5.73 Å². The summed E-state index contributed by atoms with van der Waals surface area (Å²) in [4.78, 5) is 0. The van der Waals surface area contributed by atoms with Gasteiger partial charge in [0.1, 0.15) is 0 Å². The Balaban J connectivity index is 2.14. The zero-order chi connectivity index (χ0) is 11.5. The monoisotopic (exact) mass is 215 g/mol. The van der Waals surface area contributed by atoms with E-state index in [0.717, 1.165) is 12.0 Å². The molecule has 2 heteroatoms. The molecule has 2 rings (SSSR count). The number of hydrogen-bond donors (Lipinski definition) is 1. The van der Waals surface area contributed by atoms with E-state index in [1.807, 2.05) is 6.07 Å². The van der Waals surface area contributed by atoms with Gasteiger partial charge in [0.05, 0.1) is 12.5 Å². The predicted octanol–water partition coefficient (Wildman–Crippen LogP) is 3.14. The topological polar surface area (TPSA) is 39.2 Å². The molecule has 0 spiro atoms. The fraction of sp³-hybridized carbons (Fsp3) is 0.286. The van der Waals surface area contributed by atoms with E-state index in [1.165, 1.54) is 16.7 Å². The maximum Gasteiger partial charge on any atom is 0.0935 e. The summed E-state index contributed by atoms with van der Waals surface area (Å²) in [6.45, 7) is 4.23. The molecular formula is C14H17NO. The summed E-state index contributed by atoms with van der Waals surface area (Å²) in [6.07, 6.45) is 4.25. The lowest BCUT2D eigenvalue weighted by atomic mass is 9.98. The van der Waals surface area contributed by atoms with Crippen molar-refractivity contribution in [1.82, 2.24) is 0 Å². The van der Waals surface area contributed by atoms with Crippen LogP contribution in [0.15, 0.2) is 41.2 Å². The maximum absolute atomic E-state index is 6.16. The largest absolute Gasteiger partial charge is 0.472 e. The van der Waals surface area contributed by atoms with E-state index in [1.54, 1.807) is 12.5 Å². The van der Waals surface area contributed by atoms with Crippen LogP contribution in [-0.4, -0.2) is 0 Å². The maximum atomic E-state index is 6.16. The van der Waals surface area contributed by atoms with Gasteiger partial charge in [0.25, 0.3) is 0 Å². The third-order valence-corrected chi connectivity index (χ3v) is 2.99. The molecule has 0 aliphatic rings. The van der Waals surface area contributed by atoms with Gasteiger partial charge in [0, 0.05) is 6.04 Å². The van der Waals surface area contributed by atoms with E-state index in [9.17, 15) is 0 Å². The fourth-order valence-corrected chi connectivity index (χ4v) is 1.78. The van der Waals surface area contributed by atoms with Crippen LogP contribution in [0.25, 0.3) is 0 Å². The van der Waals surface area contributed by atoms with Crippen LogP contribution >= 0.6 is 0 Å². The summed E-state index contributed by atoms with van der Waals surface area (Å²) in [5.41, 5.74) is 11.1. The summed E-state index contributed by atoms with van der Waals surface area (Å²) in [7, 11) is 0. The minimum atomic E-state index is 0.0388. The lowest BCUT2D eigenvalue weighted by Gasteiger charge is -2.12. The lowest BCUT2D eigenvalue weighted by molar-refractivity contribution is 0.561. The molecule has 2 nitrogen and oxygen atoms in total. The third kappa shape index (κ3) is 2.34. The third-order valence-electron chi connectivity index (χ3n) is 2.99. The van der Waals surface area contributed by atoms with E-state index >= 15 is 0 Å². The molecule has 0 aliphatic heterocycles. The summed E-state index contributed by atoms with van der Waals surface area (Å²) < 4.78 is 5.04. The molecule has 1 unspecified atom stereocenters. The fourth-order valence-electron chi connectivity index (χ4n) is 1.78. The Bertz CT molecular complexity index is 460. The van der Waals surface area contributed by atoms with Crippen molar-refractivity contribution >= 4 is 0 Å². The molecule has 1 aromatic heterocycles. The highest BCUT2D eigenvalue weighted by atomic mass is 16.3. The van der Waals surface area contributed by atoms with Crippen LogP contribution in [0.1, 0.15) is 28.3 Å². The number of hydrogen-bond acceptors (Lipinski definition) is 2. The SMILES string of the molecule is Cc1ccc(C(N)Cc2ccoc2)cc1C. The smallest absolute Gasteiger partial charge is 0.0935 e. The molecule has 1 atom stereocenters. The normalized spacial score (nSPS) is 12.7. The molecular weight excluding hydrogens is 198 g/mol. The molecule has 0 saturated heterocycles. The first-order valence-electron chi connectivity index (χ1n) is 5.50. The van der Waals surface area contributed by atoms with Gasteiger partial charge in [-0.15, -0.1) is 0 Å². The van der Waals surface area contributed by atoms with E-state index in [4.69, 9.17) is 10.2 Å². The zero-order valence-corrected chi connectivity index (χ0v) is 9.73. The quantitative estimate of drug-likeness (QED) is 0.854. The van der Waals surface area contributed by atoms with Gasteiger partial charge in [-0.25, -0.2) is 0 Å². The van der Waals surface area contributed by atoms with E-state index < -0.39 is 0 Å². The highest BCUT2D eigenvalue weighted by molar-refractivity contribution is 5.32. The molecule has 0 bridgehead atoms. The number of aryl methyl sites for hydroxylation is 2. The molecule has 0 saturated carbocycles. The van der Waals surface area contributed by atoms with Gasteiger partial charge >= 0.3 is 0 Å². The Labute approximate surface area is 96.1 Å². The van der Waals surface area contributed by atoms with Crippen molar-refractivity contribution in [3.05, 3.63) is 59.0 Å². The van der Waals surface area contributed by atoms with Crippen molar-refractivity contribution in [2.24, 2.45) is 5.73 Å². The summed E-state index contributed by atoms with van der Waals surface area (Å²) >= 11 is 0. The molecule has 0 amide bonds. The van der Waals surface area contributed by atoms with Crippen LogP contribution in [0.2, 0.25) is 0 Å². The highest BCUT2D eigenvalue weighted by Crippen LogP contribution is 2.19. The van der Waals surface area contributed by atoms with Gasteiger partial charge in [-0.3, -0.25) is 0 Å². The molecule has 1 aromatic carbocycles. The average Bonchev–Trinajstić information content (AvgIpc) is 2.74. The Morgan fingerprint density at radius 3 is 2.62 bits per heavy atom. The first-order valence-corrected chi connectivity index (χ1v) is 5.50. The minimum absolute atomic E-state index is 0.0388. The lowest BCUT2D eigenvalue weighted by Crippen LogP contribution is -2.13. The van der Waals surface area contributed by atoms with Crippen molar-refractivity contribution in [3.8, 4) is 0 Å². The van der Waals surface area contributed by atoms with Crippen LogP contribution in [0, 0.1) is 13.8 Å². The van der Waals surface area contributed by atoms with Crippen molar-refractivity contribution in [2.45, 2.75) is 26.3 Å². The van der Waals surface area contributed by atoms with Crippen LogP contribution in [-0.2, 0) is 6.42 Å². The first-order chi connectivity index (χ1) is 7.66. The van der Waals surface area contributed by atoms with Crippen molar-refractivity contribution in [1.29, 1.82) is 0 Å². The molecule has 0 radical (unpaired) electrons. The van der Waals surface area contributed by atoms with Gasteiger partial charge in [0.15, 0.2) is 0 Å². The predicted molar refractivity (Wildman–Crippen MR) is 65.3 cm³/mol. The van der Waals surface area contributed by atoms with Gasteiger partial charge < -0.3 is 10.2 Å². The van der Waals surface area contributed by atoms with E-state index in [-0.39, 0.29) is 6.04 Å².